The minimum absolute atomic E-state index is 0.00250. The zero-order valence-corrected chi connectivity index (χ0v) is 18.4. The van der Waals surface area contributed by atoms with E-state index in [9.17, 15) is 26.3 Å². The number of alkyl halides is 6. The van der Waals surface area contributed by atoms with Crippen LogP contribution in [0.2, 0.25) is 0 Å². The molecule has 2 aliphatic heterocycles. The fourth-order valence-electron chi connectivity index (χ4n) is 3.74. The van der Waals surface area contributed by atoms with Crippen molar-refractivity contribution in [1.82, 2.24) is 24.9 Å². The summed E-state index contributed by atoms with van der Waals surface area (Å²) in [6, 6.07) is 10.2. The number of fused-ring (bicyclic) bond motifs is 1. The summed E-state index contributed by atoms with van der Waals surface area (Å²) >= 11 is 0. The Morgan fingerprint density at radius 1 is 0.833 bits per heavy atom. The molecule has 0 radical (unpaired) electrons. The van der Waals surface area contributed by atoms with Gasteiger partial charge in [-0.15, -0.1) is 0 Å². The van der Waals surface area contributed by atoms with Crippen LogP contribution in [0.1, 0.15) is 22.5 Å². The van der Waals surface area contributed by atoms with E-state index in [2.05, 4.69) is 20.2 Å². The molecule has 3 aromatic rings. The highest BCUT2D eigenvalue weighted by atomic mass is 19.4. The number of benzene rings is 2. The van der Waals surface area contributed by atoms with Gasteiger partial charge in [-0.25, -0.2) is 9.97 Å². The predicted molar refractivity (Wildman–Crippen MR) is 116 cm³/mol. The highest BCUT2D eigenvalue weighted by Crippen LogP contribution is 2.40. The lowest BCUT2D eigenvalue weighted by atomic mass is 10.0. The number of imidazole rings is 1. The van der Waals surface area contributed by atoms with Gasteiger partial charge in [0.1, 0.15) is 23.6 Å². The van der Waals surface area contributed by atoms with Crippen molar-refractivity contribution in [3.63, 3.8) is 0 Å². The topological polar surface area (TPSA) is 69.6 Å². The van der Waals surface area contributed by atoms with Crippen molar-refractivity contribution >= 4 is 0 Å². The number of aryl methyl sites for hydroxylation is 1. The third-order valence-electron chi connectivity index (χ3n) is 5.51. The highest BCUT2D eigenvalue weighted by Gasteiger charge is 2.39. The molecule has 0 saturated heterocycles. The monoisotopic (exact) mass is 503 g/mol. The summed E-state index contributed by atoms with van der Waals surface area (Å²) < 4.78 is 85.9. The van der Waals surface area contributed by atoms with Crippen LogP contribution in [0.25, 0.3) is 34.0 Å². The van der Waals surface area contributed by atoms with Crippen molar-refractivity contribution in [2.24, 2.45) is 0 Å². The molecule has 12 heteroatoms. The fourth-order valence-corrected chi connectivity index (χ4v) is 3.74. The van der Waals surface area contributed by atoms with Gasteiger partial charge >= 0.3 is 12.4 Å². The molecule has 0 saturated carbocycles. The summed E-state index contributed by atoms with van der Waals surface area (Å²) in [4.78, 5) is 9.01. The maximum Gasteiger partial charge on any atom is 0.417 e. The molecule has 2 aliphatic rings. The molecule has 184 valence electrons. The first-order valence-corrected chi connectivity index (χ1v) is 10.5. The van der Waals surface area contributed by atoms with Crippen molar-refractivity contribution in [3.05, 3.63) is 83.4 Å². The molecule has 0 bridgehead atoms. The summed E-state index contributed by atoms with van der Waals surface area (Å²) in [5.74, 6) is 0.681. The molecule has 0 spiro atoms. The Morgan fingerprint density at radius 2 is 1.58 bits per heavy atom. The summed E-state index contributed by atoms with van der Waals surface area (Å²) in [7, 11) is 0. The molecule has 1 aromatic heterocycles. The molecule has 0 aliphatic carbocycles. The van der Waals surface area contributed by atoms with Crippen LogP contribution in [0.3, 0.4) is 0 Å². The Morgan fingerprint density at radius 3 is 2.31 bits per heavy atom. The Kier molecular flexibility index (Phi) is 5.53. The second kappa shape index (κ2) is 8.47. The lowest BCUT2D eigenvalue weighted by Crippen LogP contribution is -2.12. The van der Waals surface area contributed by atoms with E-state index >= 15 is 0 Å². The summed E-state index contributed by atoms with van der Waals surface area (Å²) in [5.41, 5.74) is -0.656. The van der Waals surface area contributed by atoms with Crippen LogP contribution in [-0.2, 0) is 18.9 Å². The van der Waals surface area contributed by atoms with Gasteiger partial charge in [0, 0.05) is 17.2 Å². The predicted octanol–water partition coefficient (Wildman–Crippen LogP) is 6.49. The molecule has 3 heterocycles. The number of hydrogen-bond acceptors (Lipinski definition) is 5. The number of rotatable bonds is 4. The average Bonchev–Trinajstić information content (AvgIpc) is 3.44. The normalized spacial score (nSPS) is 12.4. The van der Waals surface area contributed by atoms with Crippen LogP contribution >= 0.6 is 0 Å². The lowest BCUT2D eigenvalue weighted by molar-refractivity contribution is -0.142. The molecular weight excluding hydrogens is 488 g/mol. The van der Waals surface area contributed by atoms with E-state index in [1.807, 2.05) is 31.2 Å². The summed E-state index contributed by atoms with van der Waals surface area (Å²) in [5, 5.41) is 7.87. The smallest absolute Gasteiger partial charge is 0.359 e. The maximum absolute atomic E-state index is 13.5. The largest absolute Gasteiger partial charge is 0.417 e. The van der Waals surface area contributed by atoms with Gasteiger partial charge in [0.2, 0.25) is 0 Å². The Balaban J connectivity index is 1.44. The van der Waals surface area contributed by atoms with Gasteiger partial charge in [-0.3, -0.25) is 4.68 Å². The molecule has 0 unspecified atom stereocenters. The van der Waals surface area contributed by atoms with Gasteiger partial charge in [-0.2, -0.15) is 31.4 Å². The van der Waals surface area contributed by atoms with Crippen molar-refractivity contribution in [3.8, 4) is 34.0 Å². The number of aromatic nitrogens is 5. The van der Waals surface area contributed by atoms with Crippen molar-refractivity contribution in [2.45, 2.75) is 25.8 Å². The summed E-state index contributed by atoms with van der Waals surface area (Å²) in [6.07, 6.45) is -6.84. The number of hydrogen-bond donors (Lipinski definition) is 0. The second-order valence-corrected chi connectivity index (χ2v) is 8.04. The SMILES string of the molecule is Cc1ccccc1-c1nc2cnn(Cc3cc(-c4ccc(C(F)(F)F)cc4C(F)(F)F)no3)cc-2n1. The van der Waals surface area contributed by atoms with E-state index in [0.29, 0.717) is 23.3 Å². The minimum Gasteiger partial charge on any atom is -0.359 e. The molecule has 0 fully saturated rings. The molecule has 5 rings (SSSR count). The van der Waals surface area contributed by atoms with Gasteiger partial charge < -0.3 is 4.52 Å². The minimum atomic E-state index is -5.03. The first kappa shape index (κ1) is 23.5. The van der Waals surface area contributed by atoms with Gasteiger partial charge in [-0.05, 0) is 24.6 Å². The Hall–Kier alpha value is -4.22. The molecule has 0 atom stereocenters. The van der Waals surface area contributed by atoms with Gasteiger partial charge in [0.05, 0.1) is 23.5 Å². The van der Waals surface area contributed by atoms with E-state index in [1.165, 1.54) is 16.9 Å². The van der Waals surface area contributed by atoms with Crippen molar-refractivity contribution < 1.29 is 30.9 Å². The van der Waals surface area contributed by atoms with E-state index in [-0.39, 0.29) is 24.1 Å². The molecule has 0 N–H and O–H groups in total. The maximum atomic E-state index is 13.5. The van der Waals surface area contributed by atoms with Crippen molar-refractivity contribution in [1.29, 1.82) is 0 Å². The van der Waals surface area contributed by atoms with Gasteiger partial charge in [-0.1, -0.05) is 35.5 Å². The van der Waals surface area contributed by atoms with E-state index in [4.69, 9.17) is 4.52 Å². The molecule has 2 aromatic carbocycles. The first-order chi connectivity index (χ1) is 17.0. The van der Waals surface area contributed by atoms with E-state index in [1.54, 1.807) is 6.20 Å². The summed E-state index contributed by atoms with van der Waals surface area (Å²) in [6.45, 7) is 1.94. The Labute approximate surface area is 199 Å². The van der Waals surface area contributed by atoms with E-state index in [0.717, 1.165) is 17.2 Å². The highest BCUT2D eigenvalue weighted by molar-refractivity contribution is 5.67. The standard InChI is InChI=1S/C24H15F6N5O/c1-13-4-2-3-5-16(13)22-32-20-10-31-35(12-21(20)33-22)11-15-9-19(34-36-15)17-7-6-14(23(25,26)27)8-18(17)24(28,29)30/h2-10,12H,11H2,1H3. The van der Waals surface area contributed by atoms with Gasteiger partial charge in [0.15, 0.2) is 11.6 Å². The lowest BCUT2D eigenvalue weighted by Gasteiger charge is -2.14. The fraction of sp³-hybridized carbons (Fsp3) is 0.167. The van der Waals surface area contributed by atoms with Crippen LogP contribution in [-0.4, -0.2) is 24.9 Å². The average molecular weight is 503 g/mol. The second-order valence-electron chi connectivity index (χ2n) is 8.04. The van der Waals surface area contributed by atoms with Gasteiger partial charge in [0.25, 0.3) is 0 Å². The molecular formula is C24H15F6N5O. The van der Waals surface area contributed by atoms with Crippen LogP contribution in [0.4, 0.5) is 26.3 Å². The van der Waals surface area contributed by atoms with Crippen LogP contribution < -0.4 is 0 Å². The number of nitrogens with zero attached hydrogens (tertiary/aromatic N) is 5. The zero-order chi connectivity index (χ0) is 25.7. The quantitative estimate of drug-likeness (QED) is 0.262. The zero-order valence-electron chi connectivity index (χ0n) is 18.4. The molecule has 6 nitrogen and oxygen atoms in total. The van der Waals surface area contributed by atoms with Crippen LogP contribution in [0, 0.1) is 6.92 Å². The van der Waals surface area contributed by atoms with Crippen molar-refractivity contribution in [2.75, 3.05) is 0 Å². The Bertz CT molecular complexity index is 1520. The first-order valence-electron chi connectivity index (χ1n) is 10.5. The molecule has 0 amide bonds. The third kappa shape index (κ3) is 4.53. The van der Waals surface area contributed by atoms with E-state index < -0.39 is 29.0 Å². The van der Waals surface area contributed by atoms with Crippen LogP contribution in [0.5, 0.6) is 0 Å². The van der Waals surface area contributed by atoms with Crippen LogP contribution in [0.15, 0.2) is 65.4 Å². The third-order valence-corrected chi connectivity index (χ3v) is 5.51. The molecule has 36 heavy (non-hydrogen) atoms. The number of halogens is 6.